The zero-order chi connectivity index (χ0) is 14.7. The molecule has 0 amide bonds. The van der Waals surface area contributed by atoms with Crippen LogP contribution >= 0.6 is 15.9 Å². The summed E-state index contributed by atoms with van der Waals surface area (Å²) in [6, 6.07) is 8.18. The zero-order valence-corrected chi connectivity index (χ0v) is 13.6. The van der Waals surface area contributed by atoms with E-state index < -0.39 is 0 Å². The molecule has 0 spiro atoms. The normalized spacial score (nSPS) is 10.7. The third-order valence-electron chi connectivity index (χ3n) is 3.49. The zero-order valence-electron chi connectivity index (χ0n) is 12.0. The Morgan fingerprint density at radius 2 is 1.90 bits per heavy atom. The first-order valence-corrected chi connectivity index (χ1v) is 7.31. The van der Waals surface area contributed by atoms with Gasteiger partial charge in [-0.25, -0.2) is 0 Å². The molecule has 0 aliphatic heterocycles. The number of halogens is 1. The first kappa shape index (κ1) is 14.9. The molecular formula is C15H19BrN4. The predicted molar refractivity (Wildman–Crippen MR) is 85.6 cm³/mol. The number of rotatable bonds is 4. The van der Waals surface area contributed by atoms with Crippen molar-refractivity contribution in [3.05, 3.63) is 51.1 Å². The van der Waals surface area contributed by atoms with Gasteiger partial charge in [-0.3, -0.25) is 0 Å². The second-order valence-corrected chi connectivity index (χ2v) is 5.72. The van der Waals surface area contributed by atoms with Gasteiger partial charge in [-0.05, 0) is 31.0 Å². The summed E-state index contributed by atoms with van der Waals surface area (Å²) in [5.74, 6) is 0.853. The standard InChI is InChI=1S/C15H19BrN4/c1-10-11(2)18-19-15(13(10)8-17)20(3)9-12-6-4-5-7-14(12)16/h4-7H,8-9,17H2,1-3H3. The lowest BCUT2D eigenvalue weighted by atomic mass is 10.1. The van der Waals surface area contributed by atoms with E-state index in [0.29, 0.717) is 6.54 Å². The van der Waals surface area contributed by atoms with Crippen LogP contribution in [0.5, 0.6) is 0 Å². The molecule has 106 valence electrons. The molecule has 0 atom stereocenters. The van der Waals surface area contributed by atoms with Crippen molar-refractivity contribution in [2.45, 2.75) is 26.9 Å². The van der Waals surface area contributed by atoms with Crippen molar-refractivity contribution in [3.63, 3.8) is 0 Å². The first-order valence-electron chi connectivity index (χ1n) is 6.52. The number of benzene rings is 1. The molecule has 1 heterocycles. The minimum absolute atomic E-state index is 0.470. The molecule has 2 aromatic rings. The second kappa shape index (κ2) is 6.33. The molecule has 0 bridgehead atoms. The second-order valence-electron chi connectivity index (χ2n) is 4.86. The van der Waals surface area contributed by atoms with Crippen molar-refractivity contribution in [1.29, 1.82) is 0 Å². The Labute approximate surface area is 128 Å². The Morgan fingerprint density at radius 1 is 1.20 bits per heavy atom. The van der Waals surface area contributed by atoms with Crippen LogP contribution < -0.4 is 10.6 Å². The van der Waals surface area contributed by atoms with E-state index in [1.165, 1.54) is 5.56 Å². The summed E-state index contributed by atoms with van der Waals surface area (Å²) >= 11 is 3.57. The van der Waals surface area contributed by atoms with Gasteiger partial charge in [0.1, 0.15) is 0 Å². The van der Waals surface area contributed by atoms with Crippen LogP contribution in [0.25, 0.3) is 0 Å². The van der Waals surface area contributed by atoms with Gasteiger partial charge in [-0.1, -0.05) is 34.1 Å². The first-order chi connectivity index (χ1) is 9.54. The lowest BCUT2D eigenvalue weighted by Crippen LogP contribution is -2.22. The maximum Gasteiger partial charge on any atom is 0.156 e. The molecule has 0 saturated heterocycles. The largest absolute Gasteiger partial charge is 0.354 e. The van der Waals surface area contributed by atoms with Crippen LogP contribution in [-0.2, 0) is 13.1 Å². The highest BCUT2D eigenvalue weighted by Gasteiger charge is 2.14. The van der Waals surface area contributed by atoms with Crippen LogP contribution in [0.3, 0.4) is 0 Å². The SMILES string of the molecule is Cc1nnc(N(C)Cc2ccccc2Br)c(CN)c1C. The van der Waals surface area contributed by atoms with Gasteiger partial charge in [0.15, 0.2) is 5.82 Å². The molecule has 4 nitrogen and oxygen atoms in total. The summed E-state index contributed by atoms with van der Waals surface area (Å²) in [5, 5.41) is 8.53. The molecule has 0 aliphatic rings. The molecule has 1 aromatic carbocycles. The Balaban J connectivity index is 2.32. The molecular weight excluding hydrogens is 316 g/mol. The molecule has 0 fully saturated rings. The van der Waals surface area contributed by atoms with Gasteiger partial charge in [0, 0.05) is 30.2 Å². The summed E-state index contributed by atoms with van der Waals surface area (Å²) in [6.07, 6.45) is 0. The van der Waals surface area contributed by atoms with Gasteiger partial charge in [0.05, 0.1) is 5.69 Å². The lowest BCUT2D eigenvalue weighted by Gasteiger charge is -2.22. The van der Waals surface area contributed by atoms with E-state index in [0.717, 1.165) is 33.7 Å². The summed E-state index contributed by atoms with van der Waals surface area (Å²) < 4.78 is 1.10. The van der Waals surface area contributed by atoms with E-state index in [2.05, 4.69) is 37.1 Å². The number of nitrogens with two attached hydrogens (primary N) is 1. The quantitative estimate of drug-likeness (QED) is 0.933. The summed E-state index contributed by atoms with van der Waals surface area (Å²) in [4.78, 5) is 2.09. The van der Waals surface area contributed by atoms with Gasteiger partial charge in [0.25, 0.3) is 0 Å². The Morgan fingerprint density at radius 3 is 2.55 bits per heavy atom. The molecule has 1 aromatic heterocycles. The Hall–Kier alpha value is -1.46. The lowest BCUT2D eigenvalue weighted by molar-refractivity contribution is 0.821. The molecule has 0 unspecified atom stereocenters. The molecule has 2 rings (SSSR count). The maximum atomic E-state index is 5.88. The van der Waals surface area contributed by atoms with Crippen LogP contribution in [-0.4, -0.2) is 17.2 Å². The molecule has 5 heteroatoms. The minimum atomic E-state index is 0.470. The number of nitrogens with zero attached hydrogens (tertiary/aromatic N) is 3. The van der Waals surface area contributed by atoms with Crippen LogP contribution in [0.4, 0.5) is 5.82 Å². The highest BCUT2D eigenvalue weighted by Crippen LogP contribution is 2.24. The average Bonchev–Trinajstić information content (AvgIpc) is 2.44. The van der Waals surface area contributed by atoms with Gasteiger partial charge in [-0.2, -0.15) is 5.10 Å². The number of hydrogen-bond acceptors (Lipinski definition) is 4. The Bertz CT molecular complexity index is 613. The average molecular weight is 335 g/mol. The van der Waals surface area contributed by atoms with E-state index >= 15 is 0 Å². The summed E-state index contributed by atoms with van der Waals surface area (Å²) in [6.45, 7) is 5.23. The molecule has 0 saturated carbocycles. The van der Waals surface area contributed by atoms with E-state index in [1.807, 2.05) is 39.1 Å². The minimum Gasteiger partial charge on any atom is -0.354 e. The van der Waals surface area contributed by atoms with Gasteiger partial charge in [-0.15, -0.1) is 5.10 Å². The highest BCUT2D eigenvalue weighted by atomic mass is 79.9. The monoisotopic (exact) mass is 334 g/mol. The van der Waals surface area contributed by atoms with Crippen molar-refractivity contribution < 1.29 is 0 Å². The molecule has 2 N–H and O–H groups in total. The number of hydrogen-bond donors (Lipinski definition) is 1. The van der Waals surface area contributed by atoms with Crippen molar-refractivity contribution in [3.8, 4) is 0 Å². The fraction of sp³-hybridized carbons (Fsp3) is 0.333. The van der Waals surface area contributed by atoms with Crippen LogP contribution in [0.1, 0.15) is 22.4 Å². The van der Waals surface area contributed by atoms with E-state index in [4.69, 9.17) is 5.73 Å². The molecule has 0 radical (unpaired) electrons. The van der Waals surface area contributed by atoms with Crippen LogP contribution in [0, 0.1) is 13.8 Å². The molecule has 0 aliphatic carbocycles. The number of aromatic nitrogens is 2. The van der Waals surface area contributed by atoms with Gasteiger partial charge in [0.2, 0.25) is 0 Å². The third-order valence-corrected chi connectivity index (χ3v) is 4.26. The third kappa shape index (κ3) is 2.99. The maximum absolute atomic E-state index is 5.88. The van der Waals surface area contributed by atoms with E-state index in [9.17, 15) is 0 Å². The fourth-order valence-corrected chi connectivity index (χ4v) is 2.56. The highest BCUT2D eigenvalue weighted by molar-refractivity contribution is 9.10. The molecule has 20 heavy (non-hydrogen) atoms. The fourth-order valence-electron chi connectivity index (χ4n) is 2.15. The van der Waals surface area contributed by atoms with E-state index in [1.54, 1.807) is 0 Å². The summed E-state index contributed by atoms with van der Waals surface area (Å²) in [7, 11) is 2.01. The summed E-state index contributed by atoms with van der Waals surface area (Å²) in [5.41, 5.74) is 10.2. The number of aryl methyl sites for hydroxylation is 1. The predicted octanol–water partition coefficient (Wildman–Crippen LogP) is 2.95. The Kier molecular flexibility index (Phi) is 4.73. The van der Waals surface area contributed by atoms with Crippen LogP contribution in [0.2, 0.25) is 0 Å². The van der Waals surface area contributed by atoms with Crippen molar-refractivity contribution >= 4 is 21.7 Å². The smallest absolute Gasteiger partial charge is 0.156 e. The van der Waals surface area contributed by atoms with E-state index in [-0.39, 0.29) is 0 Å². The van der Waals surface area contributed by atoms with Crippen LogP contribution in [0.15, 0.2) is 28.7 Å². The van der Waals surface area contributed by atoms with Crippen molar-refractivity contribution in [2.24, 2.45) is 5.73 Å². The number of anilines is 1. The topological polar surface area (TPSA) is 55.0 Å². The van der Waals surface area contributed by atoms with Gasteiger partial charge >= 0.3 is 0 Å². The van der Waals surface area contributed by atoms with Crippen molar-refractivity contribution in [2.75, 3.05) is 11.9 Å². The van der Waals surface area contributed by atoms with Gasteiger partial charge < -0.3 is 10.6 Å². The van der Waals surface area contributed by atoms with Crippen molar-refractivity contribution in [1.82, 2.24) is 10.2 Å².